The minimum Gasteiger partial charge on any atom is -0.481 e. The van der Waals surface area contributed by atoms with Crippen LogP contribution in [0.5, 0.6) is 0 Å². The van der Waals surface area contributed by atoms with E-state index in [9.17, 15) is 9.59 Å². The second-order valence-electron chi connectivity index (χ2n) is 3.36. The summed E-state index contributed by atoms with van der Waals surface area (Å²) in [4.78, 5) is 23.5. The number of nitrogens with zero attached hydrogens (tertiary/aromatic N) is 1. The van der Waals surface area contributed by atoms with E-state index in [1.54, 1.807) is 6.92 Å². The summed E-state index contributed by atoms with van der Waals surface area (Å²) in [6.07, 6.45) is -0.515. The molecule has 6 heteroatoms. The van der Waals surface area contributed by atoms with Gasteiger partial charge in [0.1, 0.15) is 5.92 Å². The number of hydrogen-bond acceptors (Lipinski definition) is 4. The second-order valence-corrected chi connectivity index (χ2v) is 3.36. The fraction of sp³-hybridized carbons (Fsp3) is 0.778. The zero-order valence-electron chi connectivity index (χ0n) is 8.80. The van der Waals surface area contributed by atoms with Crippen molar-refractivity contribution in [3.05, 3.63) is 0 Å². The van der Waals surface area contributed by atoms with Crippen molar-refractivity contribution >= 4 is 12.1 Å². The highest BCUT2D eigenvalue weighted by Gasteiger charge is 2.38. The molecule has 0 radical (unpaired) electrons. The number of amides is 1. The number of likely N-dealkylation sites (N-methyl/N-ethyl adjacent to an activating group) is 1. The van der Waals surface area contributed by atoms with Crippen molar-refractivity contribution in [1.29, 1.82) is 0 Å². The van der Waals surface area contributed by atoms with Gasteiger partial charge in [-0.05, 0) is 6.92 Å². The number of carboxylic acids is 1. The van der Waals surface area contributed by atoms with Gasteiger partial charge >= 0.3 is 12.1 Å². The Hall–Kier alpha value is -1.30. The van der Waals surface area contributed by atoms with Gasteiger partial charge in [0.05, 0.1) is 25.9 Å². The van der Waals surface area contributed by atoms with Crippen LogP contribution in [0.1, 0.15) is 6.92 Å². The van der Waals surface area contributed by atoms with E-state index < -0.39 is 24.0 Å². The molecule has 1 rings (SSSR count). The summed E-state index contributed by atoms with van der Waals surface area (Å²) in [5, 5.41) is 8.89. The first kappa shape index (κ1) is 11.8. The summed E-state index contributed by atoms with van der Waals surface area (Å²) < 4.78 is 9.83. The molecule has 0 spiro atoms. The average Bonchev–Trinajstić information content (AvgIpc) is 2.65. The van der Waals surface area contributed by atoms with Gasteiger partial charge in [0.2, 0.25) is 0 Å². The number of carbonyl (C=O) groups excluding carboxylic acids is 1. The summed E-state index contributed by atoms with van der Waals surface area (Å²) in [6, 6.07) is -0.443. The third-order valence-corrected chi connectivity index (χ3v) is 2.42. The molecular formula is C9H15NO5. The van der Waals surface area contributed by atoms with E-state index in [0.29, 0.717) is 0 Å². The fourth-order valence-corrected chi connectivity index (χ4v) is 1.52. The Bertz CT molecular complexity index is 255. The van der Waals surface area contributed by atoms with Gasteiger partial charge in [0.25, 0.3) is 0 Å². The lowest BCUT2D eigenvalue weighted by Crippen LogP contribution is -2.44. The second kappa shape index (κ2) is 4.97. The zero-order valence-corrected chi connectivity index (χ0v) is 8.80. The van der Waals surface area contributed by atoms with Crippen LogP contribution in [0, 0.1) is 5.92 Å². The standard InChI is InChI=1S/C9H15NO5/c1-3-15-9(13)10(2)7-5-14-4-6(7)8(11)12/h6-7H,3-5H2,1-2H3,(H,11,12). The van der Waals surface area contributed by atoms with Gasteiger partial charge < -0.3 is 19.5 Å². The lowest BCUT2D eigenvalue weighted by atomic mass is 10.0. The van der Waals surface area contributed by atoms with Crippen LogP contribution in [0.4, 0.5) is 4.79 Å². The molecular weight excluding hydrogens is 202 g/mol. The highest BCUT2D eigenvalue weighted by molar-refractivity contribution is 5.74. The van der Waals surface area contributed by atoms with Crippen molar-refractivity contribution in [3.8, 4) is 0 Å². The SMILES string of the molecule is CCOC(=O)N(C)C1COCC1C(=O)O. The van der Waals surface area contributed by atoms with Crippen molar-refractivity contribution in [2.45, 2.75) is 13.0 Å². The molecule has 2 unspecified atom stereocenters. The first-order valence-electron chi connectivity index (χ1n) is 4.78. The zero-order chi connectivity index (χ0) is 11.4. The molecule has 1 aliphatic rings. The third-order valence-electron chi connectivity index (χ3n) is 2.42. The van der Waals surface area contributed by atoms with Gasteiger partial charge in [-0.25, -0.2) is 4.79 Å². The van der Waals surface area contributed by atoms with Crippen LogP contribution in [0.15, 0.2) is 0 Å². The Kier molecular flexibility index (Phi) is 3.90. The molecule has 6 nitrogen and oxygen atoms in total. The van der Waals surface area contributed by atoms with Crippen molar-refractivity contribution < 1.29 is 24.2 Å². The first-order chi connectivity index (χ1) is 7.07. The van der Waals surface area contributed by atoms with Crippen molar-refractivity contribution in [2.24, 2.45) is 5.92 Å². The van der Waals surface area contributed by atoms with Gasteiger partial charge in [-0.3, -0.25) is 4.79 Å². The average molecular weight is 217 g/mol. The van der Waals surface area contributed by atoms with Crippen LogP contribution in [-0.2, 0) is 14.3 Å². The van der Waals surface area contributed by atoms with Crippen molar-refractivity contribution in [1.82, 2.24) is 4.90 Å². The maximum absolute atomic E-state index is 11.4. The number of rotatable bonds is 3. The van der Waals surface area contributed by atoms with Crippen LogP contribution >= 0.6 is 0 Å². The molecule has 0 bridgehead atoms. The first-order valence-corrected chi connectivity index (χ1v) is 4.78. The van der Waals surface area contributed by atoms with E-state index in [1.807, 2.05) is 0 Å². The molecule has 86 valence electrons. The Morgan fingerprint density at radius 1 is 1.53 bits per heavy atom. The predicted molar refractivity (Wildman–Crippen MR) is 50.5 cm³/mol. The molecule has 1 aliphatic heterocycles. The maximum Gasteiger partial charge on any atom is 0.409 e. The predicted octanol–water partition coefficient (Wildman–Crippen LogP) is 0.174. The molecule has 1 N–H and O–H groups in total. The summed E-state index contributed by atoms with van der Waals surface area (Å²) in [6.45, 7) is 2.36. The largest absolute Gasteiger partial charge is 0.481 e. The molecule has 15 heavy (non-hydrogen) atoms. The summed E-state index contributed by atoms with van der Waals surface area (Å²) in [5.74, 6) is -1.62. The van der Waals surface area contributed by atoms with Crippen molar-refractivity contribution in [3.63, 3.8) is 0 Å². The van der Waals surface area contributed by atoms with Gasteiger partial charge in [-0.2, -0.15) is 0 Å². The number of carbonyl (C=O) groups is 2. The summed E-state index contributed by atoms with van der Waals surface area (Å²) >= 11 is 0. The topological polar surface area (TPSA) is 76.1 Å². The minimum absolute atomic E-state index is 0.143. The van der Waals surface area contributed by atoms with Gasteiger partial charge in [0, 0.05) is 7.05 Å². The summed E-state index contributed by atoms with van der Waals surface area (Å²) in [5.41, 5.74) is 0. The lowest BCUT2D eigenvalue weighted by Gasteiger charge is -2.25. The molecule has 0 aromatic rings. The molecule has 0 aromatic heterocycles. The van der Waals surface area contributed by atoms with E-state index in [4.69, 9.17) is 14.6 Å². The quantitative estimate of drug-likeness (QED) is 0.729. The fourth-order valence-electron chi connectivity index (χ4n) is 1.52. The smallest absolute Gasteiger partial charge is 0.409 e. The number of carboxylic acid groups (broad SMARTS) is 1. The van der Waals surface area contributed by atoms with Crippen LogP contribution in [-0.4, -0.2) is 55.0 Å². The summed E-state index contributed by atoms with van der Waals surface area (Å²) in [7, 11) is 1.52. The molecule has 1 heterocycles. The Balaban J connectivity index is 2.61. The van der Waals surface area contributed by atoms with Crippen LogP contribution in [0.2, 0.25) is 0 Å². The van der Waals surface area contributed by atoms with Crippen LogP contribution in [0.25, 0.3) is 0 Å². The van der Waals surface area contributed by atoms with Gasteiger partial charge in [-0.1, -0.05) is 0 Å². The highest BCUT2D eigenvalue weighted by Crippen LogP contribution is 2.19. The van der Waals surface area contributed by atoms with Gasteiger partial charge in [0.15, 0.2) is 0 Å². The maximum atomic E-state index is 11.4. The highest BCUT2D eigenvalue weighted by atomic mass is 16.6. The van der Waals surface area contributed by atoms with Crippen molar-refractivity contribution in [2.75, 3.05) is 26.9 Å². The number of hydrogen-bond donors (Lipinski definition) is 1. The number of ether oxygens (including phenoxy) is 2. The monoisotopic (exact) mass is 217 g/mol. The normalized spacial score (nSPS) is 24.9. The molecule has 0 aliphatic carbocycles. The van der Waals surface area contributed by atoms with E-state index in [1.165, 1.54) is 11.9 Å². The van der Waals surface area contributed by atoms with Crippen LogP contribution < -0.4 is 0 Å². The van der Waals surface area contributed by atoms with E-state index in [-0.39, 0.29) is 19.8 Å². The third kappa shape index (κ3) is 2.59. The molecule has 1 amide bonds. The van der Waals surface area contributed by atoms with E-state index in [0.717, 1.165) is 0 Å². The lowest BCUT2D eigenvalue weighted by molar-refractivity contribution is -0.142. The Morgan fingerprint density at radius 3 is 2.73 bits per heavy atom. The molecule has 1 saturated heterocycles. The van der Waals surface area contributed by atoms with E-state index >= 15 is 0 Å². The van der Waals surface area contributed by atoms with Crippen LogP contribution in [0.3, 0.4) is 0 Å². The Morgan fingerprint density at radius 2 is 2.20 bits per heavy atom. The van der Waals surface area contributed by atoms with E-state index in [2.05, 4.69) is 0 Å². The molecule has 0 saturated carbocycles. The minimum atomic E-state index is -0.950. The van der Waals surface area contributed by atoms with Gasteiger partial charge in [-0.15, -0.1) is 0 Å². The molecule has 1 fully saturated rings. The number of aliphatic carboxylic acids is 1. The molecule has 2 atom stereocenters. The Labute approximate surface area is 87.8 Å². The molecule has 0 aromatic carbocycles.